The maximum Gasteiger partial charge on any atom is 0.303 e. The first-order valence-electron chi connectivity index (χ1n) is 14.1. The smallest absolute Gasteiger partial charge is 0.303 e. The van der Waals surface area contributed by atoms with Crippen LogP contribution in [0.15, 0.2) is 60.7 Å². The van der Waals surface area contributed by atoms with Gasteiger partial charge in [-0.05, 0) is 66.9 Å². The van der Waals surface area contributed by atoms with E-state index in [0.717, 1.165) is 75.7 Å². The molecule has 2 N–H and O–H groups in total. The summed E-state index contributed by atoms with van der Waals surface area (Å²) in [4.78, 5) is 11.2. The molecule has 0 amide bonds. The molecule has 3 atom stereocenters. The van der Waals surface area contributed by atoms with Gasteiger partial charge in [-0.3, -0.25) is 9.00 Å². The Balaban J connectivity index is 1.66. The highest BCUT2D eigenvalue weighted by Gasteiger charge is 2.27. The molecule has 0 heterocycles. The molecule has 2 aromatic carbocycles. The Bertz CT molecular complexity index is 917. The molecule has 0 fully saturated rings. The molecule has 0 saturated carbocycles. The van der Waals surface area contributed by atoms with Crippen molar-refractivity contribution in [1.82, 2.24) is 0 Å². The van der Waals surface area contributed by atoms with Crippen molar-refractivity contribution in [2.75, 3.05) is 18.1 Å². The van der Waals surface area contributed by atoms with E-state index in [1.807, 2.05) is 24.3 Å². The van der Waals surface area contributed by atoms with Gasteiger partial charge in [-0.1, -0.05) is 100 Å². The summed E-state index contributed by atoms with van der Waals surface area (Å²) < 4.78 is 12.5. The molecule has 206 valence electrons. The Morgan fingerprint density at radius 1 is 0.676 bits per heavy atom. The van der Waals surface area contributed by atoms with Crippen LogP contribution in [0.1, 0.15) is 102 Å². The second kappa shape index (κ2) is 16.8. The summed E-state index contributed by atoms with van der Waals surface area (Å²) in [6.07, 6.45) is 10.9. The lowest BCUT2D eigenvalue weighted by atomic mass is 9.74. The highest BCUT2D eigenvalue weighted by molar-refractivity contribution is 7.84. The fourth-order valence-corrected chi connectivity index (χ4v) is 6.63. The Labute approximate surface area is 227 Å². The predicted molar refractivity (Wildman–Crippen MR) is 156 cm³/mol. The molecule has 3 unspecified atom stereocenters. The molecule has 5 heteroatoms. The minimum atomic E-state index is -0.766. The summed E-state index contributed by atoms with van der Waals surface area (Å²) >= 11 is 0. The number of carbonyl (C=O) groups is 1. The number of aliphatic hydroxyl groups is 1. The number of unbranched alkanes of at least 4 members (excludes halogenated alkanes) is 4. The third kappa shape index (κ3) is 11.5. The third-order valence-corrected chi connectivity index (χ3v) is 9.41. The van der Waals surface area contributed by atoms with Crippen molar-refractivity contribution < 1.29 is 19.2 Å². The third-order valence-electron chi connectivity index (χ3n) is 7.92. The summed E-state index contributed by atoms with van der Waals surface area (Å²) in [6.45, 7) is 4.71. The Morgan fingerprint density at radius 3 is 1.54 bits per heavy atom. The van der Waals surface area contributed by atoms with E-state index in [1.165, 1.54) is 11.1 Å². The molecule has 37 heavy (non-hydrogen) atoms. The second-order valence-electron chi connectivity index (χ2n) is 11.0. The summed E-state index contributed by atoms with van der Waals surface area (Å²) in [5.41, 5.74) is 2.50. The summed E-state index contributed by atoms with van der Waals surface area (Å²) in [7, 11) is -0.766. The second-order valence-corrected chi connectivity index (χ2v) is 12.7. The van der Waals surface area contributed by atoms with E-state index in [9.17, 15) is 19.2 Å². The predicted octanol–water partition coefficient (Wildman–Crippen LogP) is 7.41. The van der Waals surface area contributed by atoms with E-state index < -0.39 is 16.8 Å². The van der Waals surface area contributed by atoms with Gasteiger partial charge in [0.05, 0.1) is 0 Å². The van der Waals surface area contributed by atoms with Gasteiger partial charge in [0.2, 0.25) is 0 Å². The van der Waals surface area contributed by atoms with Gasteiger partial charge in [0.1, 0.15) is 0 Å². The molecule has 4 nitrogen and oxygen atoms in total. The topological polar surface area (TPSA) is 74.6 Å². The van der Waals surface area contributed by atoms with Gasteiger partial charge in [0.15, 0.2) is 0 Å². The van der Waals surface area contributed by atoms with Crippen LogP contribution >= 0.6 is 0 Å². The minimum Gasteiger partial charge on any atom is -0.481 e. The molecule has 0 spiro atoms. The van der Waals surface area contributed by atoms with Crippen molar-refractivity contribution in [2.24, 2.45) is 0 Å². The van der Waals surface area contributed by atoms with Crippen molar-refractivity contribution in [3.05, 3.63) is 71.8 Å². The molecule has 0 aliphatic rings. The molecular weight excluding hydrogens is 480 g/mol. The van der Waals surface area contributed by atoms with Gasteiger partial charge >= 0.3 is 5.97 Å². The zero-order valence-electron chi connectivity index (χ0n) is 23.0. The van der Waals surface area contributed by atoms with E-state index in [-0.39, 0.29) is 23.9 Å². The van der Waals surface area contributed by atoms with Crippen LogP contribution in [-0.2, 0) is 26.4 Å². The van der Waals surface area contributed by atoms with Crippen LogP contribution in [0, 0.1) is 0 Å². The molecule has 0 radical (unpaired) electrons. The highest BCUT2D eigenvalue weighted by Crippen LogP contribution is 2.35. The summed E-state index contributed by atoms with van der Waals surface area (Å²) in [6, 6.07) is 20.9. The number of aliphatic hydroxyl groups excluding tert-OH is 1. The Morgan fingerprint density at radius 2 is 1.11 bits per heavy atom. The molecular formula is C32H48O4S. The molecule has 0 bridgehead atoms. The average molecular weight is 529 g/mol. The number of carboxylic acid groups (broad SMARTS) is 1. The number of carboxylic acids is 1. The standard InChI is InChI=1S/C32H48O4S/c1-31(23-15-25-33,28-16-7-3-8-17-28)21-11-5-13-26-37(36)27-14-6-12-22-32(2,24-20-30(34)35)29-18-9-4-10-19-29/h3-4,7-10,16-19,33H,5-6,11-15,20-27H2,1-2H3,(H,34,35). The normalized spacial score (nSPS) is 15.5. The largest absolute Gasteiger partial charge is 0.481 e. The van der Waals surface area contributed by atoms with Crippen LogP contribution in [0.25, 0.3) is 0 Å². The number of benzene rings is 2. The number of hydrogen-bond acceptors (Lipinski definition) is 3. The van der Waals surface area contributed by atoms with E-state index in [1.54, 1.807) is 0 Å². The van der Waals surface area contributed by atoms with Crippen LogP contribution in [0.5, 0.6) is 0 Å². The number of rotatable bonds is 20. The van der Waals surface area contributed by atoms with Crippen molar-refractivity contribution in [3.63, 3.8) is 0 Å². The van der Waals surface area contributed by atoms with Crippen LogP contribution in [-0.4, -0.2) is 38.5 Å². The van der Waals surface area contributed by atoms with Crippen LogP contribution in [0.4, 0.5) is 0 Å². The Kier molecular flexibility index (Phi) is 14.2. The number of aliphatic carboxylic acids is 1. The molecule has 2 rings (SSSR count). The summed E-state index contributed by atoms with van der Waals surface area (Å²) in [5.74, 6) is 0.793. The fourth-order valence-electron chi connectivity index (χ4n) is 5.37. The van der Waals surface area contributed by atoms with Gasteiger partial charge in [-0.2, -0.15) is 0 Å². The molecule has 0 aliphatic carbocycles. The first-order valence-corrected chi connectivity index (χ1v) is 15.6. The first-order chi connectivity index (χ1) is 17.8. The van der Waals surface area contributed by atoms with Crippen molar-refractivity contribution in [2.45, 2.75) is 102 Å². The lowest BCUT2D eigenvalue weighted by Crippen LogP contribution is -2.23. The first kappa shape index (κ1) is 31.2. The molecule has 0 aliphatic heterocycles. The van der Waals surface area contributed by atoms with Gasteiger partial charge in [-0.25, -0.2) is 0 Å². The van der Waals surface area contributed by atoms with Crippen molar-refractivity contribution >= 4 is 16.8 Å². The molecule has 2 aromatic rings. The maximum atomic E-state index is 12.5. The minimum absolute atomic E-state index is 0.0852. The van der Waals surface area contributed by atoms with Crippen LogP contribution in [0.2, 0.25) is 0 Å². The molecule has 0 saturated heterocycles. The van der Waals surface area contributed by atoms with Gasteiger partial charge in [-0.15, -0.1) is 0 Å². The van der Waals surface area contributed by atoms with Crippen molar-refractivity contribution in [1.29, 1.82) is 0 Å². The zero-order valence-corrected chi connectivity index (χ0v) is 23.8. The molecule has 0 aromatic heterocycles. The fraction of sp³-hybridized carbons (Fsp3) is 0.594. The highest BCUT2D eigenvalue weighted by atomic mass is 32.2. The summed E-state index contributed by atoms with van der Waals surface area (Å²) in [5, 5.41) is 18.5. The SMILES string of the molecule is CC(CCCO)(CCCCCS(=O)CCCCCC(C)(CCC(=O)O)c1ccccc1)c1ccccc1. The van der Waals surface area contributed by atoms with Gasteiger partial charge in [0.25, 0.3) is 0 Å². The quantitative estimate of drug-likeness (QED) is 0.176. The Hall–Kier alpha value is -1.98. The monoisotopic (exact) mass is 528 g/mol. The van der Waals surface area contributed by atoms with Crippen molar-refractivity contribution in [3.8, 4) is 0 Å². The van der Waals surface area contributed by atoms with E-state index >= 15 is 0 Å². The lowest BCUT2D eigenvalue weighted by molar-refractivity contribution is -0.137. The lowest BCUT2D eigenvalue weighted by Gasteiger charge is -2.30. The van der Waals surface area contributed by atoms with E-state index in [0.29, 0.717) is 6.42 Å². The van der Waals surface area contributed by atoms with Gasteiger partial charge in [0, 0.05) is 35.3 Å². The van der Waals surface area contributed by atoms with E-state index in [4.69, 9.17) is 0 Å². The maximum absolute atomic E-state index is 12.5. The number of hydrogen-bond donors (Lipinski definition) is 2. The average Bonchev–Trinajstić information content (AvgIpc) is 2.91. The zero-order chi connectivity index (χ0) is 27.0. The van der Waals surface area contributed by atoms with E-state index in [2.05, 4.69) is 50.2 Å². The van der Waals surface area contributed by atoms with Gasteiger partial charge < -0.3 is 10.2 Å². The van der Waals surface area contributed by atoms with Crippen LogP contribution in [0.3, 0.4) is 0 Å². The van der Waals surface area contributed by atoms with Crippen LogP contribution < -0.4 is 0 Å².